The molecule has 0 aliphatic carbocycles. The van der Waals surface area contributed by atoms with E-state index >= 15 is 0 Å². The van der Waals surface area contributed by atoms with Crippen molar-refractivity contribution in [2.75, 3.05) is 0 Å². The third-order valence-electron chi connectivity index (χ3n) is 3.68. The molecule has 0 radical (unpaired) electrons. The molecule has 2 aromatic rings. The fourth-order valence-corrected chi connectivity index (χ4v) is 2.28. The summed E-state index contributed by atoms with van der Waals surface area (Å²) >= 11 is 0. The lowest BCUT2D eigenvalue weighted by Gasteiger charge is -2.15. The summed E-state index contributed by atoms with van der Waals surface area (Å²) in [7, 11) is 0. The molecule has 2 rings (SSSR count). The first kappa shape index (κ1) is 15.2. The Morgan fingerprint density at radius 2 is 1.95 bits per heavy atom. The molecule has 21 heavy (non-hydrogen) atoms. The number of nitrogens with zero attached hydrogens (tertiary/aromatic N) is 1. The molecule has 1 unspecified atom stereocenters. The van der Waals surface area contributed by atoms with Crippen LogP contribution >= 0.6 is 0 Å². The van der Waals surface area contributed by atoms with Crippen molar-refractivity contribution >= 4 is 5.69 Å². The summed E-state index contributed by atoms with van der Waals surface area (Å²) in [4.78, 5) is 10.5. The van der Waals surface area contributed by atoms with E-state index in [1.165, 1.54) is 22.8 Å². The molecule has 4 heteroatoms. The fourth-order valence-electron chi connectivity index (χ4n) is 2.28. The highest BCUT2D eigenvalue weighted by Gasteiger charge is 2.11. The second-order valence-electron chi connectivity index (χ2n) is 5.38. The summed E-state index contributed by atoms with van der Waals surface area (Å²) in [6.45, 7) is 6.93. The molecule has 0 bridgehead atoms. The quantitative estimate of drug-likeness (QED) is 0.665. The zero-order chi connectivity index (χ0) is 15.4. The molecule has 0 fully saturated rings. The van der Waals surface area contributed by atoms with Crippen molar-refractivity contribution in [2.24, 2.45) is 0 Å². The average Bonchev–Trinajstić information content (AvgIpc) is 2.48. The molecular formula is C17H20N2O2. The van der Waals surface area contributed by atoms with Crippen molar-refractivity contribution in [1.82, 2.24) is 5.32 Å². The molecule has 1 N–H and O–H groups in total. The first-order valence-corrected chi connectivity index (χ1v) is 7.01. The van der Waals surface area contributed by atoms with Crippen LogP contribution in [-0.2, 0) is 6.54 Å². The molecule has 0 amide bonds. The molecule has 1 atom stereocenters. The Morgan fingerprint density at radius 3 is 2.67 bits per heavy atom. The van der Waals surface area contributed by atoms with Gasteiger partial charge < -0.3 is 5.32 Å². The number of hydrogen-bond acceptors (Lipinski definition) is 3. The molecule has 110 valence electrons. The normalized spacial score (nSPS) is 12.1. The van der Waals surface area contributed by atoms with Crippen molar-refractivity contribution < 1.29 is 4.92 Å². The topological polar surface area (TPSA) is 55.2 Å². The lowest BCUT2D eigenvalue weighted by atomic mass is 10.0. The van der Waals surface area contributed by atoms with Crippen LogP contribution in [0.3, 0.4) is 0 Å². The monoisotopic (exact) mass is 284 g/mol. The van der Waals surface area contributed by atoms with E-state index in [9.17, 15) is 10.1 Å². The first-order chi connectivity index (χ1) is 9.97. The summed E-state index contributed by atoms with van der Waals surface area (Å²) in [5.41, 5.74) is 4.80. The fraction of sp³-hybridized carbons (Fsp3) is 0.294. The van der Waals surface area contributed by atoms with E-state index < -0.39 is 0 Å². The maximum absolute atomic E-state index is 10.8. The number of rotatable bonds is 5. The van der Waals surface area contributed by atoms with Gasteiger partial charge in [-0.3, -0.25) is 10.1 Å². The Morgan fingerprint density at radius 1 is 1.19 bits per heavy atom. The lowest BCUT2D eigenvalue weighted by Crippen LogP contribution is -2.18. The third-order valence-corrected chi connectivity index (χ3v) is 3.68. The smallest absolute Gasteiger partial charge is 0.269 e. The van der Waals surface area contributed by atoms with Gasteiger partial charge in [0.1, 0.15) is 0 Å². The van der Waals surface area contributed by atoms with Crippen LogP contribution in [0, 0.1) is 24.0 Å². The minimum Gasteiger partial charge on any atom is -0.306 e. The average molecular weight is 284 g/mol. The van der Waals surface area contributed by atoms with Crippen LogP contribution in [-0.4, -0.2) is 4.92 Å². The number of nitrogens with one attached hydrogen (secondary N) is 1. The van der Waals surface area contributed by atoms with Gasteiger partial charge in [0.05, 0.1) is 4.92 Å². The zero-order valence-electron chi connectivity index (χ0n) is 12.6. The Hall–Kier alpha value is -2.20. The van der Waals surface area contributed by atoms with Gasteiger partial charge in [0.2, 0.25) is 0 Å². The summed E-state index contributed by atoms with van der Waals surface area (Å²) < 4.78 is 0. The second-order valence-corrected chi connectivity index (χ2v) is 5.38. The molecule has 0 aliphatic rings. The standard InChI is InChI=1S/C17H20N2O2/c1-12-7-8-13(2)16(9-12)11-18-14(3)15-5-4-6-17(10-15)19(20)21/h4-10,14,18H,11H2,1-3H3. The van der Waals surface area contributed by atoms with Gasteiger partial charge in [-0.1, -0.05) is 35.9 Å². The summed E-state index contributed by atoms with van der Waals surface area (Å²) in [6, 6.07) is 13.2. The predicted molar refractivity (Wildman–Crippen MR) is 84.3 cm³/mol. The zero-order valence-corrected chi connectivity index (χ0v) is 12.6. The molecule has 4 nitrogen and oxygen atoms in total. The van der Waals surface area contributed by atoms with E-state index in [0.717, 1.165) is 12.1 Å². The van der Waals surface area contributed by atoms with E-state index in [1.54, 1.807) is 12.1 Å². The molecule has 0 aromatic heterocycles. The first-order valence-electron chi connectivity index (χ1n) is 7.01. The highest BCUT2D eigenvalue weighted by molar-refractivity contribution is 5.36. The van der Waals surface area contributed by atoms with Crippen molar-refractivity contribution in [3.63, 3.8) is 0 Å². The summed E-state index contributed by atoms with van der Waals surface area (Å²) in [5, 5.41) is 14.2. The van der Waals surface area contributed by atoms with Gasteiger partial charge in [0.25, 0.3) is 5.69 Å². The van der Waals surface area contributed by atoms with Crippen molar-refractivity contribution in [3.05, 3.63) is 74.8 Å². The number of nitro benzene ring substituents is 1. The van der Waals surface area contributed by atoms with Crippen LogP contribution in [0.1, 0.15) is 35.2 Å². The van der Waals surface area contributed by atoms with Gasteiger partial charge in [-0.05, 0) is 37.5 Å². The van der Waals surface area contributed by atoms with Crippen LogP contribution in [0.25, 0.3) is 0 Å². The molecular weight excluding hydrogens is 264 g/mol. The van der Waals surface area contributed by atoms with E-state index in [0.29, 0.717) is 0 Å². The van der Waals surface area contributed by atoms with E-state index in [2.05, 4.69) is 37.4 Å². The molecule has 0 spiro atoms. The van der Waals surface area contributed by atoms with Gasteiger partial charge in [0.15, 0.2) is 0 Å². The van der Waals surface area contributed by atoms with Crippen molar-refractivity contribution in [3.8, 4) is 0 Å². The highest BCUT2D eigenvalue weighted by atomic mass is 16.6. The number of non-ortho nitro benzene ring substituents is 1. The maximum Gasteiger partial charge on any atom is 0.269 e. The van der Waals surface area contributed by atoms with E-state index in [1.807, 2.05) is 13.0 Å². The Balaban J connectivity index is 2.08. The largest absolute Gasteiger partial charge is 0.306 e. The molecule has 2 aromatic carbocycles. The van der Waals surface area contributed by atoms with Crippen LogP contribution in [0.4, 0.5) is 5.69 Å². The van der Waals surface area contributed by atoms with Gasteiger partial charge in [-0.2, -0.15) is 0 Å². The summed E-state index contributed by atoms with van der Waals surface area (Å²) in [5.74, 6) is 0. The SMILES string of the molecule is Cc1ccc(C)c(CNC(C)c2cccc([N+](=O)[O-])c2)c1. The molecule has 0 heterocycles. The Labute approximate surface area is 125 Å². The highest BCUT2D eigenvalue weighted by Crippen LogP contribution is 2.20. The van der Waals surface area contributed by atoms with E-state index in [4.69, 9.17) is 0 Å². The number of aryl methyl sites for hydroxylation is 2. The molecule has 0 aliphatic heterocycles. The number of nitro groups is 1. The number of hydrogen-bond donors (Lipinski definition) is 1. The van der Waals surface area contributed by atoms with Gasteiger partial charge >= 0.3 is 0 Å². The minimum absolute atomic E-state index is 0.0600. The predicted octanol–water partition coefficient (Wildman–Crippen LogP) is 4.06. The Kier molecular flexibility index (Phi) is 4.70. The maximum atomic E-state index is 10.8. The van der Waals surface area contributed by atoms with E-state index in [-0.39, 0.29) is 16.7 Å². The third kappa shape index (κ3) is 3.89. The van der Waals surface area contributed by atoms with Crippen LogP contribution in [0.5, 0.6) is 0 Å². The minimum atomic E-state index is -0.360. The van der Waals surface area contributed by atoms with Gasteiger partial charge in [0, 0.05) is 24.7 Å². The van der Waals surface area contributed by atoms with Gasteiger partial charge in [-0.15, -0.1) is 0 Å². The van der Waals surface area contributed by atoms with Crippen LogP contribution in [0.2, 0.25) is 0 Å². The van der Waals surface area contributed by atoms with Gasteiger partial charge in [-0.25, -0.2) is 0 Å². The Bertz CT molecular complexity index is 653. The second kappa shape index (κ2) is 6.50. The van der Waals surface area contributed by atoms with Crippen molar-refractivity contribution in [1.29, 1.82) is 0 Å². The summed E-state index contributed by atoms with van der Waals surface area (Å²) in [6.07, 6.45) is 0. The molecule has 0 saturated heterocycles. The van der Waals surface area contributed by atoms with Crippen molar-refractivity contribution in [2.45, 2.75) is 33.4 Å². The van der Waals surface area contributed by atoms with Crippen LogP contribution < -0.4 is 5.32 Å². The molecule has 0 saturated carbocycles. The number of benzene rings is 2. The lowest BCUT2D eigenvalue weighted by molar-refractivity contribution is -0.384. The van der Waals surface area contributed by atoms with Crippen LogP contribution in [0.15, 0.2) is 42.5 Å².